The molecule has 0 aliphatic heterocycles. The lowest BCUT2D eigenvalue weighted by Crippen LogP contribution is -2.42. The molecular weight excluding hydrogens is 218 g/mol. The van der Waals surface area contributed by atoms with Gasteiger partial charge in [-0.05, 0) is 26.2 Å². The molecular formula is C11H19N5O. The lowest BCUT2D eigenvalue weighted by molar-refractivity contribution is 0.178. The molecule has 1 heterocycles. The predicted molar refractivity (Wildman–Crippen MR) is 66.4 cm³/mol. The van der Waals surface area contributed by atoms with Crippen LogP contribution in [-0.2, 0) is 11.3 Å². The Morgan fingerprint density at radius 2 is 2.12 bits per heavy atom. The Bertz CT molecular complexity index is 391. The molecule has 94 valence electrons. The van der Waals surface area contributed by atoms with Crippen molar-refractivity contribution >= 4 is 11.6 Å². The number of nitrogens with two attached hydrogens (primary N) is 1. The van der Waals surface area contributed by atoms with Crippen molar-refractivity contribution in [1.82, 2.24) is 9.97 Å². The van der Waals surface area contributed by atoms with Gasteiger partial charge in [-0.15, -0.1) is 0 Å². The van der Waals surface area contributed by atoms with Gasteiger partial charge in [0.05, 0.1) is 0 Å². The zero-order valence-electron chi connectivity index (χ0n) is 10.3. The van der Waals surface area contributed by atoms with Crippen LogP contribution < -0.4 is 16.6 Å². The van der Waals surface area contributed by atoms with Crippen molar-refractivity contribution in [2.24, 2.45) is 5.84 Å². The normalized spacial score (nSPS) is 17.4. The lowest BCUT2D eigenvalue weighted by Gasteiger charge is -2.39. The molecule has 0 bridgehead atoms. The Morgan fingerprint density at radius 1 is 1.41 bits per heavy atom. The second kappa shape index (κ2) is 4.85. The lowest BCUT2D eigenvalue weighted by atomic mass is 9.78. The van der Waals surface area contributed by atoms with Crippen molar-refractivity contribution in [3.05, 3.63) is 11.9 Å². The molecule has 0 atom stereocenters. The molecule has 1 aromatic heterocycles. The molecule has 6 heteroatoms. The summed E-state index contributed by atoms with van der Waals surface area (Å²) in [5, 5.41) is 3.43. The minimum absolute atomic E-state index is 0.157. The van der Waals surface area contributed by atoms with Gasteiger partial charge >= 0.3 is 0 Å². The average Bonchev–Trinajstić information content (AvgIpc) is 2.27. The molecule has 0 aromatic carbocycles. The first-order valence-corrected chi connectivity index (χ1v) is 5.77. The Balaban J connectivity index is 2.16. The summed E-state index contributed by atoms with van der Waals surface area (Å²) < 4.78 is 5.03. The monoisotopic (exact) mass is 237 g/mol. The van der Waals surface area contributed by atoms with E-state index < -0.39 is 0 Å². The number of hydrogen-bond donors (Lipinski definition) is 3. The molecule has 4 N–H and O–H groups in total. The van der Waals surface area contributed by atoms with Crippen LogP contribution >= 0.6 is 0 Å². The van der Waals surface area contributed by atoms with Crippen LogP contribution in [0.3, 0.4) is 0 Å². The molecule has 2 rings (SSSR count). The highest BCUT2D eigenvalue weighted by Gasteiger charge is 2.31. The van der Waals surface area contributed by atoms with Crippen LogP contribution in [0, 0.1) is 0 Å². The number of aromatic nitrogens is 2. The van der Waals surface area contributed by atoms with Crippen LogP contribution in [0.4, 0.5) is 11.6 Å². The van der Waals surface area contributed by atoms with Crippen LogP contribution in [0.5, 0.6) is 0 Å². The molecule has 0 amide bonds. The minimum Gasteiger partial charge on any atom is -0.377 e. The van der Waals surface area contributed by atoms with Crippen molar-refractivity contribution < 1.29 is 4.74 Å². The van der Waals surface area contributed by atoms with Crippen LogP contribution in [0.15, 0.2) is 6.07 Å². The SMILES string of the molecule is COCc1nc(NN)cc(NC2(C)CCC2)n1. The molecule has 0 unspecified atom stereocenters. The smallest absolute Gasteiger partial charge is 0.158 e. The molecule has 0 radical (unpaired) electrons. The fourth-order valence-corrected chi connectivity index (χ4v) is 1.97. The first-order chi connectivity index (χ1) is 8.15. The van der Waals surface area contributed by atoms with E-state index in [1.165, 1.54) is 19.3 Å². The molecule has 1 aromatic rings. The highest BCUT2D eigenvalue weighted by atomic mass is 16.5. The van der Waals surface area contributed by atoms with E-state index in [1.807, 2.05) is 6.07 Å². The maximum atomic E-state index is 5.39. The van der Waals surface area contributed by atoms with E-state index >= 15 is 0 Å². The number of methoxy groups -OCH3 is 1. The summed E-state index contributed by atoms with van der Waals surface area (Å²) in [6, 6.07) is 1.81. The largest absolute Gasteiger partial charge is 0.377 e. The third-order valence-electron chi connectivity index (χ3n) is 3.08. The quantitative estimate of drug-likeness (QED) is 0.528. The van der Waals surface area contributed by atoms with Crippen LogP contribution in [0.1, 0.15) is 32.0 Å². The van der Waals surface area contributed by atoms with Crippen LogP contribution in [-0.4, -0.2) is 22.6 Å². The van der Waals surface area contributed by atoms with Crippen molar-refractivity contribution in [3.8, 4) is 0 Å². The number of hydrazine groups is 1. The van der Waals surface area contributed by atoms with Gasteiger partial charge in [-0.1, -0.05) is 0 Å². The van der Waals surface area contributed by atoms with E-state index in [0.717, 1.165) is 5.82 Å². The summed E-state index contributed by atoms with van der Waals surface area (Å²) in [6.07, 6.45) is 3.60. The third kappa shape index (κ3) is 2.83. The molecule has 6 nitrogen and oxygen atoms in total. The van der Waals surface area contributed by atoms with Gasteiger partial charge < -0.3 is 15.5 Å². The third-order valence-corrected chi connectivity index (χ3v) is 3.08. The van der Waals surface area contributed by atoms with E-state index in [-0.39, 0.29) is 5.54 Å². The molecule has 17 heavy (non-hydrogen) atoms. The minimum atomic E-state index is 0.157. The van der Waals surface area contributed by atoms with Gasteiger partial charge in [0.15, 0.2) is 5.82 Å². The summed E-state index contributed by atoms with van der Waals surface area (Å²) in [4.78, 5) is 8.60. The Morgan fingerprint density at radius 3 is 2.65 bits per heavy atom. The zero-order chi connectivity index (χ0) is 12.3. The van der Waals surface area contributed by atoms with E-state index in [0.29, 0.717) is 18.2 Å². The number of nitrogens with zero attached hydrogens (tertiary/aromatic N) is 2. The van der Waals surface area contributed by atoms with Gasteiger partial charge in [-0.3, -0.25) is 0 Å². The van der Waals surface area contributed by atoms with E-state index in [4.69, 9.17) is 10.6 Å². The van der Waals surface area contributed by atoms with Gasteiger partial charge in [0.1, 0.15) is 18.2 Å². The molecule has 1 aliphatic rings. The molecule has 1 aliphatic carbocycles. The van der Waals surface area contributed by atoms with E-state index in [1.54, 1.807) is 7.11 Å². The first kappa shape index (κ1) is 12.1. The Hall–Kier alpha value is -1.40. The standard InChI is InChI=1S/C11H19N5O/c1-11(4-3-5-11)15-8-6-9(16-12)14-10(13-8)7-17-2/h6H,3-5,7,12H2,1-2H3,(H2,13,14,15,16). The van der Waals surface area contributed by atoms with Crippen molar-refractivity contribution in [2.45, 2.75) is 38.3 Å². The first-order valence-electron chi connectivity index (χ1n) is 5.77. The van der Waals surface area contributed by atoms with Gasteiger partial charge in [-0.25, -0.2) is 15.8 Å². The Kier molecular flexibility index (Phi) is 3.44. The van der Waals surface area contributed by atoms with Crippen molar-refractivity contribution in [1.29, 1.82) is 0 Å². The van der Waals surface area contributed by atoms with E-state index in [2.05, 4.69) is 27.6 Å². The summed E-state index contributed by atoms with van der Waals surface area (Å²) in [5.74, 6) is 7.39. The maximum absolute atomic E-state index is 5.39. The summed E-state index contributed by atoms with van der Waals surface area (Å²) >= 11 is 0. The number of ether oxygens (including phenoxy) is 1. The fourth-order valence-electron chi connectivity index (χ4n) is 1.97. The highest BCUT2D eigenvalue weighted by Crippen LogP contribution is 2.34. The number of anilines is 2. The highest BCUT2D eigenvalue weighted by molar-refractivity contribution is 5.48. The zero-order valence-corrected chi connectivity index (χ0v) is 10.3. The summed E-state index contributed by atoms with van der Waals surface area (Å²) in [5.41, 5.74) is 2.70. The molecule has 0 saturated heterocycles. The maximum Gasteiger partial charge on any atom is 0.158 e. The van der Waals surface area contributed by atoms with Gasteiger partial charge in [0.25, 0.3) is 0 Å². The average molecular weight is 237 g/mol. The number of nitrogen functional groups attached to an aromatic ring is 1. The summed E-state index contributed by atoms with van der Waals surface area (Å²) in [6.45, 7) is 2.57. The second-order valence-corrected chi connectivity index (χ2v) is 4.67. The predicted octanol–water partition coefficient (Wildman–Crippen LogP) is 1.26. The van der Waals surface area contributed by atoms with Gasteiger partial charge in [-0.2, -0.15) is 0 Å². The van der Waals surface area contributed by atoms with Gasteiger partial charge in [0, 0.05) is 18.7 Å². The number of hydrogen-bond acceptors (Lipinski definition) is 6. The Labute approximate surface area is 101 Å². The number of nitrogens with one attached hydrogen (secondary N) is 2. The second-order valence-electron chi connectivity index (χ2n) is 4.67. The fraction of sp³-hybridized carbons (Fsp3) is 0.636. The van der Waals surface area contributed by atoms with Crippen molar-refractivity contribution in [2.75, 3.05) is 17.9 Å². The molecule has 1 saturated carbocycles. The van der Waals surface area contributed by atoms with Crippen LogP contribution in [0.25, 0.3) is 0 Å². The molecule has 0 spiro atoms. The van der Waals surface area contributed by atoms with Crippen molar-refractivity contribution in [3.63, 3.8) is 0 Å². The van der Waals surface area contributed by atoms with Gasteiger partial charge in [0.2, 0.25) is 0 Å². The topological polar surface area (TPSA) is 85.1 Å². The summed E-state index contributed by atoms with van der Waals surface area (Å²) in [7, 11) is 1.62. The molecule has 1 fully saturated rings. The van der Waals surface area contributed by atoms with Crippen LogP contribution in [0.2, 0.25) is 0 Å². The van der Waals surface area contributed by atoms with E-state index in [9.17, 15) is 0 Å². The number of rotatable bonds is 5.